The number of para-hydroxylation sites is 1. The Labute approximate surface area is 150 Å². The zero-order valence-corrected chi connectivity index (χ0v) is 13.9. The van der Waals surface area contributed by atoms with Crippen LogP contribution in [0.15, 0.2) is 94.8 Å². The van der Waals surface area contributed by atoms with Crippen molar-refractivity contribution in [2.45, 2.75) is 0 Å². The predicted octanol–water partition coefficient (Wildman–Crippen LogP) is 3.23. The van der Waals surface area contributed by atoms with Gasteiger partial charge in [0.25, 0.3) is 5.56 Å². The van der Waals surface area contributed by atoms with Crippen molar-refractivity contribution < 1.29 is 0 Å². The van der Waals surface area contributed by atoms with Crippen LogP contribution in [0.25, 0.3) is 22.3 Å². The van der Waals surface area contributed by atoms with Gasteiger partial charge in [0, 0.05) is 11.1 Å². The molecule has 0 radical (unpaired) electrons. The molecule has 0 fully saturated rings. The van der Waals surface area contributed by atoms with Crippen molar-refractivity contribution >= 4 is 16.7 Å². The SMILES string of the molecule is N/C(=N\n1c(-c2ccccc2)nc2ccccc2c1=O)c1ccccc1. The molecule has 1 aromatic heterocycles. The molecule has 0 aliphatic heterocycles. The number of hydrogen-bond donors (Lipinski definition) is 1. The van der Waals surface area contributed by atoms with Crippen molar-refractivity contribution in [3.63, 3.8) is 0 Å². The fourth-order valence-corrected chi connectivity index (χ4v) is 2.76. The second-order valence-electron chi connectivity index (χ2n) is 5.79. The van der Waals surface area contributed by atoms with E-state index in [1.807, 2.05) is 78.9 Å². The van der Waals surface area contributed by atoms with Crippen LogP contribution >= 0.6 is 0 Å². The highest BCUT2D eigenvalue weighted by atomic mass is 16.1. The number of hydrogen-bond acceptors (Lipinski definition) is 3. The van der Waals surface area contributed by atoms with Gasteiger partial charge in [-0.1, -0.05) is 72.8 Å². The molecule has 4 rings (SSSR count). The maximum Gasteiger partial charge on any atom is 0.282 e. The van der Waals surface area contributed by atoms with Gasteiger partial charge in [-0.05, 0) is 12.1 Å². The van der Waals surface area contributed by atoms with Gasteiger partial charge in [-0.3, -0.25) is 4.79 Å². The first-order chi connectivity index (χ1) is 12.7. The zero-order valence-electron chi connectivity index (χ0n) is 13.9. The van der Waals surface area contributed by atoms with Crippen LogP contribution in [0.5, 0.6) is 0 Å². The Kier molecular flexibility index (Phi) is 4.03. The maximum atomic E-state index is 13.0. The Hall–Kier alpha value is -3.73. The normalized spacial score (nSPS) is 11.6. The summed E-state index contributed by atoms with van der Waals surface area (Å²) in [5.41, 5.74) is 8.05. The van der Waals surface area contributed by atoms with Gasteiger partial charge < -0.3 is 5.73 Å². The molecule has 0 spiro atoms. The first-order valence-corrected chi connectivity index (χ1v) is 8.21. The van der Waals surface area contributed by atoms with Gasteiger partial charge in [-0.25, -0.2) is 4.98 Å². The lowest BCUT2D eigenvalue weighted by atomic mass is 10.2. The maximum absolute atomic E-state index is 13.0. The molecule has 0 aliphatic rings. The van der Waals surface area contributed by atoms with E-state index in [0.717, 1.165) is 11.1 Å². The third-order valence-electron chi connectivity index (χ3n) is 4.06. The molecule has 0 bridgehead atoms. The van der Waals surface area contributed by atoms with Crippen molar-refractivity contribution in [1.29, 1.82) is 0 Å². The van der Waals surface area contributed by atoms with E-state index in [9.17, 15) is 4.79 Å². The van der Waals surface area contributed by atoms with E-state index in [-0.39, 0.29) is 11.4 Å². The molecule has 2 N–H and O–H groups in total. The van der Waals surface area contributed by atoms with Crippen LogP contribution in [0.4, 0.5) is 0 Å². The Balaban J connectivity index is 2.01. The first-order valence-electron chi connectivity index (χ1n) is 8.21. The summed E-state index contributed by atoms with van der Waals surface area (Å²) < 4.78 is 1.28. The summed E-state index contributed by atoms with van der Waals surface area (Å²) in [7, 11) is 0. The molecule has 5 nitrogen and oxygen atoms in total. The van der Waals surface area contributed by atoms with Crippen molar-refractivity contribution in [2.24, 2.45) is 10.8 Å². The Morgan fingerprint density at radius 1 is 0.846 bits per heavy atom. The molecular weight excluding hydrogens is 324 g/mol. The molecule has 4 aromatic rings. The molecule has 0 saturated carbocycles. The van der Waals surface area contributed by atoms with E-state index < -0.39 is 0 Å². The summed E-state index contributed by atoms with van der Waals surface area (Å²) in [6.45, 7) is 0. The topological polar surface area (TPSA) is 73.3 Å². The Morgan fingerprint density at radius 2 is 1.46 bits per heavy atom. The van der Waals surface area contributed by atoms with Gasteiger partial charge in [0.05, 0.1) is 10.9 Å². The standard InChI is InChI=1S/C21H16N4O/c22-19(15-9-3-1-4-10-15)24-25-20(16-11-5-2-6-12-16)23-18-14-8-7-13-17(18)21(25)26/h1-14H,(H2,22,24). The van der Waals surface area contributed by atoms with E-state index in [0.29, 0.717) is 16.7 Å². The first kappa shape index (κ1) is 15.8. The van der Waals surface area contributed by atoms with Gasteiger partial charge >= 0.3 is 0 Å². The van der Waals surface area contributed by atoms with Crippen molar-refractivity contribution in [3.05, 3.63) is 101 Å². The molecule has 0 amide bonds. The Bertz CT molecular complexity index is 1150. The van der Waals surface area contributed by atoms with Gasteiger partial charge in [-0.15, -0.1) is 5.10 Å². The lowest BCUT2D eigenvalue weighted by Crippen LogP contribution is -2.24. The van der Waals surface area contributed by atoms with Crippen molar-refractivity contribution in [1.82, 2.24) is 9.66 Å². The molecular formula is C21H16N4O. The third-order valence-corrected chi connectivity index (χ3v) is 4.06. The quantitative estimate of drug-likeness (QED) is 0.460. The highest BCUT2D eigenvalue weighted by Gasteiger charge is 2.13. The van der Waals surface area contributed by atoms with Gasteiger partial charge in [-0.2, -0.15) is 4.68 Å². The van der Waals surface area contributed by atoms with Crippen LogP contribution in [0.2, 0.25) is 0 Å². The summed E-state index contributed by atoms with van der Waals surface area (Å²) in [5, 5.41) is 4.89. The van der Waals surface area contributed by atoms with Gasteiger partial charge in [0.2, 0.25) is 0 Å². The lowest BCUT2D eigenvalue weighted by molar-refractivity contribution is 0.822. The number of amidine groups is 1. The molecule has 0 atom stereocenters. The zero-order chi connectivity index (χ0) is 17.9. The molecule has 0 unspecified atom stereocenters. The van der Waals surface area contributed by atoms with Crippen molar-refractivity contribution in [2.75, 3.05) is 0 Å². The Morgan fingerprint density at radius 3 is 2.19 bits per heavy atom. The molecule has 0 saturated heterocycles. The monoisotopic (exact) mass is 340 g/mol. The fourth-order valence-electron chi connectivity index (χ4n) is 2.76. The summed E-state index contributed by atoms with van der Waals surface area (Å²) in [6, 6.07) is 26.0. The molecule has 3 aromatic carbocycles. The van der Waals surface area contributed by atoms with E-state index in [4.69, 9.17) is 5.73 Å². The molecule has 26 heavy (non-hydrogen) atoms. The highest BCUT2D eigenvalue weighted by molar-refractivity contribution is 5.97. The largest absolute Gasteiger partial charge is 0.382 e. The number of nitrogens with zero attached hydrogens (tertiary/aromatic N) is 3. The number of aromatic nitrogens is 2. The minimum atomic E-state index is -0.256. The van der Waals surface area contributed by atoms with Crippen LogP contribution in [0.3, 0.4) is 0 Å². The average Bonchev–Trinajstić information content (AvgIpc) is 2.71. The minimum Gasteiger partial charge on any atom is -0.382 e. The van der Waals surface area contributed by atoms with Gasteiger partial charge in [0.1, 0.15) is 0 Å². The summed E-state index contributed by atoms with van der Waals surface area (Å²) in [6.07, 6.45) is 0. The second-order valence-corrected chi connectivity index (χ2v) is 5.79. The van der Waals surface area contributed by atoms with Crippen LogP contribution in [0, 0.1) is 0 Å². The highest BCUT2D eigenvalue weighted by Crippen LogP contribution is 2.18. The average molecular weight is 340 g/mol. The predicted molar refractivity (Wildman–Crippen MR) is 104 cm³/mol. The van der Waals surface area contributed by atoms with Crippen LogP contribution in [-0.2, 0) is 0 Å². The molecule has 5 heteroatoms. The van der Waals surface area contributed by atoms with E-state index in [1.165, 1.54) is 4.68 Å². The second kappa shape index (κ2) is 6.64. The molecule has 0 aliphatic carbocycles. The smallest absolute Gasteiger partial charge is 0.282 e. The number of nitrogens with two attached hydrogens (primary N) is 1. The number of fused-ring (bicyclic) bond motifs is 1. The molecule has 1 heterocycles. The fraction of sp³-hybridized carbons (Fsp3) is 0. The minimum absolute atomic E-state index is 0.252. The van der Waals surface area contributed by atoms with Crippen LogP contribution in [-0.4, -0.2) is 15.5 Å². The molecule has 126 valence electrons. The number of rotatable bonds is 3. The summed E-state index contributed by atoms with van der Waals surface area (Å²) in [5.74, 6) is 0.704. The summed E-state index contributed by atoms with van der Waals surface area (Å²) >= 11 is 0. The van der Waals surface area contributed by atoms with E-state index >= 15 is 0 Å². The van der Waals surface area contributed by atoms with Crippen LogP contribution in [0.1, 0.15) is 5.56 Å². The van der Waals surface area contributed by atoms with E-state index in [2.05, 4.69) is 10.1 Å². The van der Waals surface area contributed by atoms with Crippen LogP contribution < -0.4 is 11.3 Å². The van der Waals surface area contributed by atoms with Gasteiger partial charge in [0.15, 0.2) is 11.7 Å². The number of benzene rings is 3. The van der Waals surface area contributed by atoms with E-state index in [1.54, 1.807) is 6.07 Å². The van der Waals surface area contributed by atoms with Crippen molar-refractivity contribution in [3.8, 4) is 11.4 Å². The third kappa shape index (κ3) is 2.86. The summed E-state index contributed by atoms with van der Waals surface area (Å²) in [4.78, 5) is 17.7. The lowest BCUT2D eigenvalue weighted by Gasteiger charge is -2.10.